The van der Waals surface area contributed by atoms with Gasteiger partial charge in [0.05, 0.1) is 0 Å². The standard InChI is InChI=1S/C42H48S/c1-23-15-27(5)37(28(6)16-23)41(38-29(7)17-24(2)18-30(38)8)35-13-14-36(43-35)42(39-31(9)19-25(3)20-32(39)10)40-33(11)21-26(4)22-34(40)12/h13-22,41-42H,1-12H3. The van der Waals surface area contributed by atoms with Crippen LogP contribution in [0.1, 0.15) is 111 Å². The fourth-order valence-electron chi connectivity index (χ4n) is 8.12. The summed E-state index contributed by atoms with van der Waals surface area (Å²) in [7, 11) is 0. The molecule has 0 aliphatic heterocycles. The minimum absolute atomic E-state index is 0.195. The summed E-state index contributed by atoms with van der Waals surface area (Å²) in [5, 5.41) is 0. The Bertz CT molecular complexity index is 1500. The largest absolute Gasteiger partial charge is 0.143 e. The van der Waals surface area contributed by atoms with Gasteiger partial charge < -0.3 is 0 Å². The Hall–Kier alpha value is -3.42. The highest BCUT2D eigenvalue weighted by molar-refractivity contribution is 7.12. The van der Waals surface area contributed by atoms with Crippen LogP contribution in [0.15, 0.2) is 60.7 Å². The monoisotopic (exact) mass is 584 g/mol. The molecule has 1 heteroatoms. The Morgan fingerprint density at radius 1 is 0.326 bits per heavy atom. The van der Waals surface area contributed by atoms with E-state index in [4.69, 9.17) is 0 Å². The molecule has 0 atom stereocenters. The van der Waals surface area contributed by atoms with Gasteiger partial charge in [-0.2, -0.15) is 0 Å². The van der Waals surface area contributed by atoms with Crippen molar-refractivity contribution in [1.82, 2.24) is 0 Å². The molecule has 5 aromatic rings. The van der Waals surface area contributed by atoms with Gasteiger partial charge in [-0.15, -0.1) is 11.3 Å². The number of thiophene rings is 1. The summed E-state index contributed by atoms with van der Waals surface area (Å²) in [5.41, 5.74) is 22.2. The Balaban J connectivity index is 1.81. The molecule has 0 radical (unpaired) electrons. The Morgan fingerprint density at radius 2 is 0.512 bits per heavy atom. The van der Waals surface area contributed by atoms with Crippen molar-refractivity contribution in [3.63, 3.8) is 0 Å². The third-order valence-electron chi connectivity index (χ3n) is 9.32. The van der Waals surface area contributed by atoms with Gasteiger partial charge in [0.25, 0.3) is 0 Å². The second-order valence-corrected chi connectivity index (χ2v) is 14.5. The first-order chi connectivity index (χ1) is 20.3. The van der Waals surface area contributed by atoms with E-state index in [0.29, 0.717) is 0 Å². The first kappa shape index (κ1) is 31.0. The summed E-state index contributed by atoms with van der Waals surface area (Å²) < 4.78 is 0. The highest BCUT2D eigenvalue weighted by atomic mass is 32.1. The molecule has 0 fully saturated rings. The maximum absolute atomic E-state index is 2.44. The van der Waals surface area contributed by atoms with Gasteiger partial charge in [0, 0.05) is 21.6 Å². The van der Waals surface area contributed by atoms with E-state index < -0.39 is 0 Å². The lowest BCUT2D eigenvalue weighted by atomic mass is 9.79. The van der Waals surface area contributed by atoms with Crippen LogP contribution in [0, 0.1) is 83.1 Å². The Morgan fingerprint density at radius 3 is 0.698 bits per heavy atom. The fourth-order valence-corrected chi connectivity index (χ4v) is 9.37. The molecule has 0 aliphatic rings. The van der Waals surface area contributed by atoms with Gasteiger partial charge in [0.2, 0.25) is 0 Å². The van der Waals surface area contributed by atoms with Gasteiger partial charge in [0.1, 0.15) is 0 Å². The van der Waals surface area contributed by atoms with Gasteiger partial charge in [-0.25, -0.2) is 0 Å². The van der Waals surface area contributed by atoms with Crippen LogP contribution in [0.3, 0.4) is 0 Å². The van der Waals surface area contributed by atoms with Crippen LogP contribution in [-0.4, -0.2) is 0 Å². The van der Waals surface area contributed by atoms with E-state index in [1.807, 2.05) is 11.3 Å². The maximum Gasteiger partial charge on any atom is 0.0444 e. The first-order valence-electron chi connectivity index (χ1n) is 15.7. The molecule has 0 bridgehead atoms. The summed E-state index contributed by atoms with van der Waals surface area (Å²) in [6.07, 6.45) is 0. The quantitative estimate of drug-likeness (QED) is 0.186. The second-order valence-electron chi connectivity index (χ2n) is 13.4. The van der Waals surface area contributed by atoms with Crippen LogP contribution < -0.4 is 0 Å². The molecule has 0 amide bonds. The van der Waals surface area contributed by atoms with Crippen LogP contribution in [0.5, 0.6) is 0 Å². The number of aryl methyl sites for hydroxylation is 12. The topological polar surface area (TPSA) is 0 Å². The zero-order valence-corrected chi connectivity index (χ0v) is 29.2. The lowest BCUT2D eigenvalue weighted by molar-refractivity contribution is 0.938. The van der Waals surface area contributed by atoms with E-state index >= 15 is 0 Å². The van der Waals surface area contributed by atoms with Gasteiger partial charge in [-0.05, 0) is 162 Å². The summed E-state index contributed by atoms with van der Waals surface area (Å²) in [6.45, 7) is 27.3. The van der Waals surface area contributed by atoms with Crippen LogP contribution in [-0.2, 0) is 0 Å². The highest BCUT2D eigenvalue weighted by Crippen LogP contribution is 2.47. The predicted octanol–water partition coefficient (Wildman–Crippen LogP) is 11.8. The Labute approximate surface area is 264 Å². The summed E-state index contributed by atoms with van der Waals surface area (Å²) in [6, 6.07) is 23.8. The molecule has 5 rings (SSSR count). The van der Waals surface area contributed by atoms with Crippen molar-refractivity contribution < 1.29 is 0 Å². The van der Waals surface area contributed by atoms with Crippen molar-refractivity contribution in [2.24, 2.45) is 0 Å². The molecular formula is C42H48S. The van der Waals surface area contributed by atoms with E-state index in [1.165, 1.54) is 98.8 Å². The molecule has 0 nitrogen and oxygen atoms in total. The minimum Gasteiger partial charge on any atom is -0.143 e. The molecule has 1 aromatic heterocycles. The average molecular weight is 585 g/mol. The van der Waals surface area contributed by atoms with Crippen LogP contribution in [0.2, 0.25) is 0 Å². The molecule has 0 spiro atoms. The van der Waals surface area contributed by atoms with Crippen LogP contribution >= 0.6 is 11.3 Å². The third kappa shape index (κ3) is 5.89. The van der Waals surface area contributed by atoms with E-state index in [-0.39, 0.29) is 11.8 Å². The van der Waals surface area contributed by atoms with Crippen molar-refractivity contribution >= 4 is 11.3 Å². The second kappa shape index (κ2) is 11.9. The lowest BCUT2D eigenvalue weighted by Crippen LogP contribution is -2.11. The van der Waals surface area contributed by atoms with Crippen LogP contribution in [0.4, 0.5) is 0 Å². The molecule has 0 saturated heterocycles. The number of benzene rings is 4. The molecule has 0 saturated carbocycles. The molecule has 0 aliphatic carbocycles. The van der Waals surface area contributed by atoms with E-state index in [2.05, 4.69) is 144 Å². The number of rotatable bonds is 6. The van der Waals surface area contributed by atoms with Gasteiger partial charge in [-0.1, -0.05) is 70.8 Å². The zero-order valence-electron chi connectivity index (χ0n) is 28.3. The third-order valence-corrected chi connectivity index (χ3v) is 10.5. The van der Waals surface area contributed by atoms with Crippen molar-refractivity contribution in [2.75, 3.05) is 0 Å². The molecule has 4 aromatic carbocycles. The minimum atomic E-state index is 0.195. The van der Waals surface area contributed by atoms with E-state index in [9.17, 15) is 0 Å². The molecule has 43 heavy (non-hydrogen) atoms. The van der Waals surface area contributed by atoms with E-state index in [0.717, 1.165) is 0 Å². The molecule has 1 heterocycles. The fraction of sp³-hybridized carbons (Fsp3) is 0.333. The van der Waals surface area contributed by atoms with Crippen molar-refractivity contribution in [2.45, 2.75) is 94.9 Å². The molecule has 0 N–H and O–H groups in total. The number of hydrogen-bond acceptors (Lipinski definition) is 1. The smallest absolute Gasteiger partial charge is 0.0444 e. The zero-order chi connectivity index (χ0) is 31.3. The van der Waals surface area contributed by atoms with Crippen molar-refractivity contribution in [3.8, 4) is 0 Å². The molecule has 0 unspecified atom stereocenters. The number of hydrogen-bond donors (Lipinski definition) is 0. The van der Waals surface area contributed by atoms with Crippen LogP contribution in [0.25, 0.3) is 0 Å². The van der Waals surface area contributed by atoms with Gasteiger partial charge in [-0.3, -0.25) is 0 Å². The molecular weight excluding hydrogens is 537 g/mol. The highest BCUT2D eigenvalue weighted by Gasteiger charge is 2.30. The van der Waals surface area contributed by atoms with Crippen molar-refractivity contribution in [3.05, 3.63) is 159 Å². The lowest BCUT2D eigenvalue weighted by Gasteiger charge is -2.27. The summed E-state index contributed by atoms with van der Waals surface area (Å²) in [5.74, 6) is 0.391. The SMILES string of the molecule is Cc1cc(C)c(C(c2ccc(C(c3c(C)cc(C)cc3C)c3c(C)cc(C)cc3C)s2)c2c(C)cc(C)cc2C)c(C)c1. The Kier molecular flexibility index (Phi) is 8.61. The van der Waals surface area contributed by atoms with Gasteiger partial charge in [0.15, 0.2) is 0 Å². The van der Waals surface area contributed by atoms with E-state index in [1.54, 1.807) is 0 Å². The predicted molar refractivity (Wildman–Crippen MR) is 189 cm³/mol. The van der Waals surface area contributed by atoms with Gasteiger partial charge >= 0.3 is 0 Å². The average Bonchev–Trinajstić information content (AvgIpc) is 3.34. The maximum atomic E-state index is 2.44. The summed E-state index contributed by atoms with van der Waals surface area (Å²) >= 11 is 2.01. The van der Waals surface area contributed by atoms with Crippen molar-refractivity contribution in [1.29, 1.82) is 0 Å². The normalized spacial score (nSPS) is 11.7. The first-order valence-corrected chi connectivity index (χ1v) is 16.5. The summed E-state index contributed by atoms with van der Waals surface area (Å²) in [4.78, 5) is 2.85. The molecule has 222 valence electrons.